The van der Waals surface area contributed by atoms with Crippen LogP contribution in [0.15, 0.2) is 66.7 Å². The van der Waals surface area contributed by atoms with E-state index in [1.807, 2.05) is 55.5 Å². The highest BCUT2D eigenvalue weighted by Gasteiger charge is 2.20. The molecule has 0 aromatic heterocycles. The Morgan fingerprint density at radius 3 is 2.53 bits per heavy atom. The van der Waals surface area contributed by atoms with Gasteiger partial charge in [0.05, 0.1) is 26.4 Å². The maximum Gasteiger partial charge on any atom is 0.251 e. The first-order chi connectivity index (χ1) is 15.6. The number of hydrogen-bond acceptors (Lipinski definition) is 4. The van der Waals surface area contributed by atoms with Crippen LogP contribution >= 0.6 is 0 Å². The molecule has 1 unspecified atom stereocenters. The zero-order valence-electron chi connectivity index (χ0n) is 18.6. The molecule has 1 aliphatic heterocycles. The van der Waals surface area contributed by atoms with Gasteiger partial charge in [0, 0.05) is 12.0 Å². The van der Waals surface area contributed by atoms with Crippen molar-refractivity contribution in [1.29, 1.82) is 0 Å². The summed E-state index contributed by atoms with van der Waals surface area (Å²) in [6.07, 6.45) is 2.47. The first kappa shape index (κ1) is 21.8. The summed E-state index contributed by atoms with van der Waals surface area (Å²) in [5.74, 6) is 2.15. The van der Waals surface area contributed by atoms with Crippen molar-refractivity contribution >= 4 is 5.91 Å². The lowest BCUT2D eigenvalue weighted by Gasteiger charge is -2.21. The molecule has 0 aliphatic carbocycles. The van der Waals surface area contributed by atoms with E-state index in [4.69, 9.17) is 14.2 Å². The van der Waals surface area contributed by atoms with Gasteiger partial charge in [-0.2, -0.15) is 0 Å². The fourth-order valence-electron chi connectivity index (χ4n) is 3.94. The normalized spacial score (nSPS) is 13.7. The third-order valence-electron chi connectivity index (χ3n) is 5.70. The molecule has 1 N–H and O–H groups in total. The molecule has 5 nitrogen and oxygen atoms in total. The van der Waals surface area contributed by atoms with Crippen molar-refractivity contribution in [1.82, 2.24) is 5.32 Å². The Balaban J connectivity index is 1.58. The van der Waals surface area contributed by atoms with Crippen LogP contribution < -0.4 is 19.5 Å². The number of fused-ring (bicyclic) bond motifs is 1. The predicted molar refractivity (Wildman–Crippen MR) is 125 cm³/mol. The molecule has 5 heteroatoms. The lowest BCUT2D eigenvalue weighted by molar-refractivity contribution is 0.0934. The number of amides is 1. The summed E-state index contributed by atoms with van der Waals surface area (Å²) in [6, 6.07) is 21.6. The molecule has 3 aromatic rings. The van der Waals surface area contributed by atoms with Crippen LogP contribution in [-0.4, -0.2) is 26.2 Å². The number of carbonyl (C=O) groups excluding carboxylic acids is 1. The summed E-state index contributed by atoms with van der Waals surface area (Å²) in [5, 5.41) is 3.23. The third kappa shape index (κ3) is 5.22. The Hall–Kier alpha value is -3.47. The summed E-state index contributed by atoms with van der Waals surface area (Å²) in [7, 11) is 1.63. The van der Waals surface area contributed by atoms with Gasteiger partial charge in [-0.25, -0.2) is 0 Å². The van der Waals surface area contributed by atoms with E-state index in [9.17, 15) is 4.79 Å². The monoisotopic (exact) mass is 431 g/mol. The molecule has 0 saturated carbocycles. The van der Waals surface area contributed by atoms with Crippen LogP contribution in [0.4, 0.5) is 0 Å². The van der Waals surface area contributed by atoms with Gasteiger partial charge >= 0.3 is 0 Å². The molecular formula is C27H29NO4. The highest BCUT2D eigenvalue weighted by atomic mass is 16.5. The molecule has 0 radical (unpaired) electrons. The number of methoxy groups -OCH3 is 1. The average Bonchev–Trinajstić information content (AvgIpc) is 3.07. The Bertz CT molecular complexity index is 1060. The van der Waals surface area contributed by atoms with Crippen LogP contribution in [0.5, 0.6) is 17.2 Å². The zero-order valence-corrected chi connectivity index (χ0v) is 18.6. The fraction of sp³-hybridized carbons (Fsp3) is 0.296. The van der Waals surface area contributed by atoms with Gasteiger partial charge in [0.2, 0.25) is 0 Å². The van der Waals surface area contributed by atoms with Crippen LogP contribution in [-0.2, 0) is 6.42 Å². The maximum absolute atomic E-state index is 13.1. The number of carbonyl (C=O) groups is 1. The minimum atomic E-state index is -0.165. The molecule has 1 amide bonds. The predicted octanol–water partition coefficient (Wildman–Crippen LogP) is 5.27. The fourth-order valence-corrected chi connectivity index (χ4v) is 3.94. The Morgan fingerprint density at radius 1 is 1.00 bits per heavy atom. The van der Waals surface area contributed by atoms with Gasteiger partial charge in [0.15, 0.2) is 11.5 Å². The summed E-state index contributed by atoms with van der Waals surface area (Å²) in [6.45, 7) is 3.21. The molecule has 4 rings (SSSR count). The second kappa shape index (κ2) is 10.2. The van der Waals surface area contributed by atoms with Crippen LogP contribution in [0.2, 0.25) is 0 Å². The van der Waals surface area contributed by atoms with Gasteiger partial charge in [-0.1, -0.05) is 36.4 Å². The number of nitrogens with one attached hydrogen (secondary N) is 1. The van der Waals surface area contributed by atoms with Gasteiger partial charge < -0.3 is 19.5 Å². The molecule has 166 valence electrons. The van der Waals surface area contributed by atoms with Gasteiger partial charge in [0.1, 0.15) is 5.75 Å². The standard InChI is InChI=1S/C27H29NO4/c1-19-17-22(11-13-24(19)30-2)27(29)28-23(12-9-20-7-4-3-5-8-20)21-10-14-25-26(18-21)32-16-6-15-31-25/h3-5,7-8,10-11,13-14,17-18,23H,6,9,12,15-16H2,1-2H3,(H,28,29). The molecule has 1 heterocycles. The first-order valence-electron chi connectivity index (χ1n) is 11.0. The van der Waals surface area contributed by atoms with Crippen molar-refractivity contribution in [2.24, 2.45) is 0 Å². The lowest BCUT2D eigenvalue weighted by Crippen LogP contribution is -2.29. The van der Waals surface area contributed by atoms with Crippen molar-refractivity contribution in [3.05, 3.63) is 89.0 Å². The van der Waals surface area contributed by atoms with Gasteiger partial charge in [-0.3, -0.25) is 4.79 Å². The maximum atomic E-state index is 13.1. The molecule has 0 saturated heterocycles. The number of aryl methyl sites for hydroxylation is 2. The molecule has 3 aromatic carbocycles. The Kier molecular flexibility index (Phi) is 6.95. The van der Waals surface area contributed by atoms with E-state index in [1.54, 1.807) is 13.2 Å². The van der Waals surface area contributed by atoms with Crippen molar-refractivity contribution in [2.75, 3.05) is 20.3 Å². The van der Waals surface area contributed by atoms with Crippen LogP contribution in [0.3, 0.4) is 0 Å². The van der Waals surface area contributed by atoms with Crippen LogP contribution in [0.25, 0.3) is 0 Å². The van der Waals surface area contributed by atoms with Gasteiger partial charge in [-0.05, 0) is 66.8 Å². The quantitative estimate of drug-likeness (QED) is 0.554. The molecule has 0 bridgehead atoms. The molecule has 1 aliphatic rings. The zero-order chi connectivity index (χ0) is 22.3. The van der Waals surface area contributed by atoms with Crippen molar-refractivity contribution in [2.45, 2.75) is 32.2 Å². The molecule has 32 heavy (non-hydrogen) atoms. The third-order valence-corrected chi connectivity index (χ3v) is 5.70. The number of ether oxygens (including phenoxy) is 3. The van der Waals surface area contributed by atoms with E-state index in [1.165, 1.54) is 5.56 Å². The van der Waals surface area contributed by atoms with E-state index in [2.05, 4.69) is 17.4 Å². The first-order valence-corrected chi connectivity index (χ1v) is 11.0. The van der Waals surface area contributed by atoms with Crippen molar-refractivity contribution in [3.63, 3.8) is 0 Å². The lowest BCUT2D eigenvalue weighted by atomic mass is 9.98. The number of rotatable bonds is 7. The van der Waals surface area contributed by atoms with Crippen molar-refractivity contribution < 1.29 is 19.0 Å². The minimum Gasteiger partial charge on any atom is -0.496 e. The number of benzene rings is 3. The Labute approximate surface area is 189 Å². The second-order valence-corrected chi connectivity index (χ2v) is 7.99. The SMILES string of the molecule is COc1ccc(C(=O)NC(CCc2ccccc2)c2ccc3c(c2)OCCCO3)cc1C. The largest absolute Gasteiger partial charge is 0.496 e. The summed E-state index contributed by atoms with van der Waals surface area (Å²) in [4.78, 5) is 13.1. The highest BCUT2D eigenvalue weighted by Crippen LogP contribution is 2.33. The van der Waals surface area contributed by atoms with Crippen molar-refractivity contribution in [3.8, 4) is 17.2 Å². The van der Waals surface area contributed by atoms with E-state index >= 15 is 0 Å². The van der Waals surface area contributed by atoms with Crippen LogP contribution in [0, 0.1) is 6.92 Å². The molecular weight excluding hydrogens is 402 g/mol. The second-order valence-electron chi connectivity index (χ2n) is 7.99. The van der Waals surface area contributed by atoms with Gasteiger partial charge in [-0.15, -0.1) is 0 Å². The summed E-state index contributed by atoms with van der Waals surface area (Å²) in [5.41, 5.74) is 3.78. The highest BCUT2D eigenvalue weighted by molar-refractivity contribution is 5.94. The Morgan fingerprint density at radius 2 is 1.78 bits per heavy atom. The smallest absolute Gasteiger partial charge is 0.251 e. The number of hydrogen-bond donors (Lipinski definition) is 1. The van der Waals surface area contributed by atoms with Gasteiger partial charge in [0.25, 0.3) is 5.91 Å². The molecule has 0 fully saturated rings. The van der Waals surface area contributed by atoms with Crippen LogP contribution in [0.1, 0.15) is 45.9 Å². The van der Waals surface area contributed by atoms with E-state index in [0.717, 1.165) is 47.6 Å². The van der Waals surface area contributed by atoms with E-state index in [-0.39, 0.29) is 11.9 Å². The topological polar surface area (TPSA) is 56.8 Å². The molecule has 1 atom stereocenters. The van der Waals surface area contributed by atoms with E-state index < -0.39 is 0 Å². The van der Waals surface area contributed by atoms with E-state index in [0.29, 0.717) is 18.8 Å². The average molecular weight is 432 g/mol. The minimum absolute atomic E-state index is 0.110. The summed E-state index contributed by atoms with van der Waals surface area (Å²) >= 11 is 0. The summed E-state index contributed by atoms with van der Waals surface area (Å²) < 4.78 is 17.0. The molecule has 0 spiro atoms.